The van der Waals surface area contributed by atoms with Gasteiger partial charge in [-0.2, -0.15) is 0 Å². The summed E-state index contributed by atoms with van der Waals surface area (Å²) in [7, 11) is 0. The number of carbonyl (C=O) groups excluding carboxylic acids is 1. The topological polar surface area (TPSA) is 62.0 Å². The molecule has 0 saturated carbocycles. The Morgan fingerprint density at radius 2 is 1.86 bits per heavy atom. The Bertz CT molecular complexity index is 730. The minimum absolute atomic E-state index is 0.162. The van der Waals surface area contributed by atoms with E-state index in [4.69, 9.17) is 0 Å². The zero-order chi connectivity index (χ0) is 15.6. The van der Waals surface area contributed by atoms with Crippen molar-refractivity contribution in [2.45, 2.75) is 33.6 Å². The molecule has 0 fully saturated rings. The molecule has 0 aliphatic carbocycles. The first-order valence-electron chi connectivity index (χ1n) is 7.01. The summed E-state index contributed by atoms with van der Waals surface area (Å²) in [4.78, 5) is 26.9. The van der Waals surface area contributed by atoms with Crippen molar-refractivity contribution in [1.82, 2.24) is 4.98 Å². The summed E-state index contributed by atoms with van der Waals surface area (Å²) in [5.74, 6) is -0.0825. The molecule has 0 aliphatic rings. The zero-order valence-corrected chi connectivity index (χ0v) is 12.8. The van der Waals surface area contributed by atoms with Gasteiger partial charge in [0.15, 0.2) is 0 Å². The van der Waals surface area contributed by atoms with Crippen molar-refractivity contribution >= 4 is 11.6 Å². The Kier molecular flexibility index (Phi) is 4.26. The van der Waals surface area contributed by atoms with Crippen LogP contribution in [0.25, 0.3) is 0 Å². The molecule has 21 heavy (non-hydrogen) atoms. The molecule has 110 valence electrons. The predicted molar refractivity (Wildman–Crippen MR) is 85.0 cm³/mol. The van der Waals surface area contributed by atoms with Gasteiger partial charge in [0.1, 0.15) is 5.56 Å². The molecule has 2 N–H and O–H groups in total. The second-order valence-electron chi connectivity index (χ2n) is 5.51. The monoisotopic (exact) mass is 284 g/mol. The second kappa shape index (κ2) is 5.95. The van der Waals surface area contributed by atoms with Crippen molar-refractivity contribution in [1.29, 1.82) is 0 Å². The highest BCUT2D eigenvalue weighted by atomic mass is 16.2. The highest BCUT2D eigenvalue weighted by molar-refractivity contribution is 6.05. The molecule has 0 atom stereocenters. The largest absolute Gasteiger partial charge is 0.328 e. The summed E-state index contributed by atoms with van der Waals surface area (Å²) in [6.45, 7) is 7.85. The van der Waals surface area contributed by atoms with Gasteiger partial charge < -0.3 is 10.3 Å². The number of para-hydroxylation sites is 1. The van der Waals surface area contributed by atoms with Crippen LogP contribution in [0.1, 0.15) is 46.8 Å². The molecule has 2 aromatic rings. The molecule has 0 unspecified atom stereocenters. The molecule has 0 saturated heterocycles. The highest BCUT2D eigenvalue weighted by Gasteiger charge is 2.17. The van der Waals surface area contributed by atoms with Crippen molar-refractivity contribution in [2.75, 3.05) is 5.32 Å². The number of aromatic amines is 1. The summed E-state index contributed by atoms with van der Waals surface area (Å²) >= 11 is 0. The first kappa shape index (κ1) is 15.0. The van der Waals surface area contributed by atoms with E-state index < -0.39 is 0 Å². The summed E-state index contributed by atoms with van der Waals surface area (Å²) in [6, 6.07) is 7.64. The molecule has 0 bridgehead atoms. The van der Waals surface area contributed by atoms with E-state index in [0.717, 1.165) is 16.8 Å². The minimum Gasteiger partial charge on any atom is -0.328 e. The van der Waals surface area contributed by atoms with Crippen molar-refractivity contribution in [3.05, 3.63) is 63.1 Å². The molecule has 2 rings (SSSR count). The standard InChI is InChI=1S/C17H20N2O2/c1-10(2)13-7-5-6-12(4)15(13)19-17(21)14-11(3)8-9-18-16(14)20/h5-10H,1-4H3,(H,18,20)(H,19,21). The third kappa shape index (κ3) is 3.05. The van der Waals surface area contributed by atoms with E-state index >= 15 is 0 Å². The highest BCUT2D eigenvalue weighted by Crippen LogP contribution is 2.27. The Morgan fingerprint density at radius 1 is 1.14 bits per heavy atom. The van der Waals surface area contributed by atoms with Crippen LogP contribution in [0.15, 0.2) is 35.3 Å². The maximum Gasteiger partial charge on any atom is 0.261 e. The molecule has 1 aromatic heterocycles. The number of rotatable bonds is 3. The third-order valence-corrected chi connectivity index (χ3v) is 3.56. The summed E-state index contributed by atoms with van der Waals surface area (Å²) in [5.41, 5.74) is 3.30. The molecule has 0 radical (unpaired) electrons. The molecule has 4 heteroatoms. The Balaban J connectivity index is 2.44. The number of aromatic nitrogens is 1. The fourth-order valence-electron chi connectivity index (χ4n) is 2.38. The zero-order valence-electron chi connectivity index (χ0n) is 12.8. The van der Waals surface area contributed by atoms with Gasteiger partial charge in [-0.3, -0.25) is 9.59 Å². The predicted octanol–water partition coefficient (Wildman–Crippen LogP) is 3.37. The summed E-state index contributed by atoms with van der Waals surface area (Å²) in [6.07, 6.45) is 1.54. The van der Waals surface area contributed by atoms with Gasteiger partial charge >= 0.3 is 0 Å². The number of nitrogens with one attached hydrogen (secondary N) is 2. The SMILES string of the molecule is Cc1cccc(C(C)C)c1NC(=O)c1c(C)cc[nH]c1=O. The number of anilines is 1. The van der Waals surface area contributed by atoms with Crippen LogP contribution in [-0.4, -0.2) is 10.9 Å². The van der Waals surface area contributed by atoms with Crippen LogP contribution in [0.2, 0.25) is 0 Å². The lowest BCUT2D eigenvalue weighted by Crippen LogP contribution is -2.25. The van der Waals surface area contributed by atoms with Crippen LogP contribution in [0, 0.1) is 13.8 Å². The molecule has 0 aliphatic heterocycles. The first-order chi connectivity index (χ1) is 9.91. The average Bonchev–Trinajstić information content (AvgIpc) is 2.40. The number of amides is 1. The second-order valence-corrected chi connectivity index (χ2v) is 5.51. The van der Waals surface area contributed by atoms with Gasteiger partial charge in [0.2, 0.25) is 0 Å². The van der Waals surface area contributed by atoms with Gasteiger partial charge in [0.05, 0.1) is 0 Å². The quantitative estimate of drug-likeness (QED) is 0.907. The number of pyridine rings is 1. The van der Waals surface area contributed by atoms with E-state index in [2.05, 4.69) is 24.1 Å². The summed E-state index contributed by atoms with van der Waals surface area (Å²) in [5, 5.41) is 2.90. The van der Waals surface area contributed by atoms with Gasteiger partial charge in [-0.05, 0) is 42.5 Å². The van der Waals surface area contributed by atoms with Crippen LogP contribution in [0.4, 0.5) is 5.69 Å². The van der Waals surface area contributed by atoms with E-state index in [1.807, 2.05) is 25.1 Å². The van der Waals surface area contributed by atoms with Gasteiger partial charge in [0.25, 0.3) is 11.5 Å². The van der Waals surface area contributed by atoms with Crippen LogP contribution < -0.4 is 10.9 Å². The van der Waals surface area contributed by atoms with E-state index in [9.17, 15) is 9.59 Å². The number of hydrogen-bond acceptors (Lipinski definition) is 2. The lowest BCUT2D eigenvalue weighted by molar-refractivity contribution is 0.102. The Morgan fingerprint density at radius 3 is 2.48 bits per heavy atom. The summed E-state index contributed by atoms with van der Waals surface area (Å²) < 4.78 is 0. The van der Waals surface area contributed by atoms with Crippen molar-refractivity contribution in [2.24, 2.45) is 0 Å². The fraction of sp³-hybridized carbons (Fsp3) is 0.294. The number of carbonyl (C=O) groups is 1. The maximum absolute atomic E-state index is 12.5. The van der Waals surface area contributed by atoms with E-state index in [0.29, 0.717) is 5.56 Å². The van der Waals surface area contributed by atoms with Gasteiger partial charge in [-0.1, -0.05) is 32.0 Å². The molecular weight excluding hydrogens is 264 g/mol. The van der Waals surface area contributed by atoms with Gasteiger partial charge in [-0.15, -0.1) is 0 Å². The molecule has 1 aromatic carbocycles. The number of benzene rings is 1. The van der Waals surface area contributed by atoms with Gasteiger partial charge in [0, 0.05) is 11.9 Å². The van der Waals surface area contributed by atoms with Crippen molar-refractivity contribution in [3.63, 3.8) is 0 Å². The van der Waals surface area contributed by atoms with Crippen LogP contribution in [0.5, 0.6) is 0 Å². The van der Waals surface area contributed by atoms with E-state index in [-0.39, 0.29) is 22.9 Å². The molecule has 4 nitrogen and oxygen atoms in total. The Labute approximate surface area is 124 Å². The normalized spacial score (nSPS) is 10.7. The van der Waals surface area contributed by atoms with Crippen LogP contribution in [0.3, 0.4) is 0 Å². The Hall–Kier alpha value is -2.36. The minimum atomic E-state index is -0.370. The van der Waals surface area contributed by atoms with Gasteiger partial charge in [-0.25, -0.2) is 0 Å². The van der Waals surface area contributed by atoms with Crippen molar-refractivity contribution < 1.29 is 4.79 Å². The van der Waals surface area contributed by atoms with Crippen LogP contribution >= 0.6 is 0 Å². The molecular formula is C17H20N2O2. The van der Waals surface area contributed by atoms with E-state index in [1.54, 1.807) is 19.2 Å². The molecule has 1 amide bonds. The van der Waals surface area contributed by atoms with E-state index in [1.165, 1.54) is 0 Å². The molecule has 1 heterocycles. The number of H-pyrrole nitrogens is 1. The number of hydrogen-bond donors (Lipinski definition) is 2. The lowest BCUT2D eigenvalue weighted by Gasteiger charge is -2.16. The first-order valence-corrected chi connectivity index (χ1v) is 7.01. The average molecular weight is 284 g/mol. The van der Waals surface area contributed by atoms with Crippen molar-refractivity contribution in [3.8, 4) is 0 Å². The molecule has 0 spiro atoms. The van der Waals surface area contributed by atoms with Crippen LogP contribution in [-0.2, 0) is 0 Å². The lowest BCUT2D eigenvalue weighted by atomic mass is 9.98. The fourth-order valence-corrected chi connectivity index (χ4v) is 2.38. The maximum atomic E-state index is 12.5. The third-order valence-electron chi connectivity index (χ3n) is 3.56. The number of aryl methyl sites for hydroxylation is 2. The smallest absolute Gasteiger partial charge is 0.261 e.